The van der Waals surface area contributed by atoms with Crippen molar-refractivity contribution in [2.24, 2.45) is 12.9 Å². The summed E-state index contributed by atoms with van der Waals surface area (Å²) < 4.78 is 2.86. The van der Waals surface area contributed by atoms with E-state index >= 15 is 0 Å². The Bertz CT molecular complexity index is 410. The van der Waals surface area contributed by atoms with Gasteiger partial charge in [0.2, 0.25) is 0 Å². The molecule has 0 spiro atoms. The number of hydrogen-bond acceptors (Lipinski definition) is 4. The minimum atomic E-state index is 0.00926. The van der Waals surface area contributed by atoms with Crippen LogP contribution < -0.4 is 11.3 Å². The maximum atomic E-state index is 5.56. The summed E-state index contributed by atoms with van der Waals surface area (Å²) in [5.41, 5.74) is 3.86. The summed E-state index contributed by atoms with van der Waals surface area (Å²) in [5, 5.41) is 4.13. The van der Waals surface area contributed by atoms with Crippen LogP contribution in [0.25, 0.3) is 0 Å². The van der Waals surface area contributed by atoms with Crippen LogP contribution in [-0.2, 0) is 7.05 Å². The normalized spacial score (nSPS) is 13.0. The zero-order valence-corrected chi connectivity index (χ0v) is 10.5. The molecule has 2 aromatic rings. The van der Waals surface area contributed by atoms with Crippen LogP contribution in [0.15, 0.2) is 28.3 Å². The van der Waals surface area contributed by atoms with Gasteiger partial charge in [0.25, 0.3) is 0 Å². The van der Waals surface area contributed by atoms with E-state index in [1.165, 1.54) is 0 Å². The first-order chi connectivity index (χ1) is 7.20. The SMILES string of the molecule is Cn1cc(C(NN)c2ccc(Br)s2)cn1. The van der Waals surface area contributed by atoms with E-state index in [9.17, 15) is 0 Å². The van der Waals surface area contributed by atoms with Crippen molar-refractivity contribution in [2.45, 2.75) is 6.04 Å². The summed E-state index contributed by atoms with van der Waals surface area (Å²) in [6.45, 7) is 0. The van der Waals surface area contributed by atoms with Crippen LogP contribution >= 0.6 is 27.3 Å². The Labute approximate surface area is 100 Å². The van der Waals surface area contributed by atoms with E-state index in [1.54, 1.807) is 16.0 Å². The van der Waals surface area contributed by atoms with Crippen molar-refractivity contribution in [3.63, 3.8) is 0 Å². The Balaban J connectivity index is 2.32. The molecular formula is C9H11BrN4S. The van der Waals surface area contributed by atoms with Crippen molar-refractivity contribution < 1.29 is 0 Å². The predicted molar refractivity (Wildman–Crippen MR) is 64.4 cm³/mol. The molecule has 0 radical (unpaired) electrons. The van der Waals surface area contributed by atoms with Crippen molar-refractivity contribution in [3.05, 3.63) is 38.8 Å². The zero-order valence-electron chi connectivity index (χ0n) is 8.14. The van der Waals surface area contributed by atoms with Crippen LogP contribution in [0.5, 0.6) is 0 Å². The first-order valence-corrected chi connectivity index (χ1v) is 6.01. The number of hydrazine groups is 1. The molecule has 0 saturated heterocycles. The molecule has 3 N–H and O–H groups in total. The smallest absolute Gasteiger partial charge is 0.0833 e. The average molecular weight is 287 g/mol. The van der Waals surface area contributed by atoms with Crippen molar-refractivity contribution in [3.8, 4) is 0 Å². The fraction of sp³-hybridized carbons (Fsp3) is 0.222. The van der Waals surface area contributed by atoms with Crippen LogP contribution in [-0.4, -0.2) is 9.78 Å². The molecule has 0 fully saturated rings. The van der Waals surface area contributed by atoms with Gasteiger partial charge in [-0.1, -0.05) is 0 Å². The molecule has 1 atom stereocenters. The van der Waals surface area contributed by atoms with E-state index in [2.05, 4.69) is 26.5 Å². The Kier molecular flexibility index (Phi) is 3.20. The fourth-order valence-electron chi connectivity index (χ4n) is 1.42. The van der Waals surface area contributed by atoms with Crippen LogP contribution in [0.2, 0.25) is 0 Å². The van der Waals surface area contributed by atoms with E-state index in [4.69, 9.17) is 5.84 Å². The lowest BCUT2D eigenvalue weighted by atomic mass is 10.1. The largest absolute Gasteiger partial charge is 0.275 e. The molecule has 80 valence electrons. The number of rotatable bonds is 3. The minimum Gasteiger partial charge on any atom is -0.275 e. The van der Waals surface area contributed by atoms with E-state index in [1.807, 2.05) is 31.6 Å². The number of thiophene rings is 1. The molecule has 0 bridgehead atoms. The monoisotopic (exact) mass is 286 g/mol. The van der Waals surface area contributed by atoms with Crippen molar-refractivity contribution in [1.82, 2.24) is 15.2 Å². The summed E-state index contributed by atoms with van der Waals surface area (Å²) in [5.74, 6) is 5.56. The Hall–Kier alpha value is -0.690. The molecule has 2 aromatic heterocycles. The van der Waals surface area contributed by atoms with E-state index in [-0.39, 0.29) is 6.04 Å². The molecule has 2 heterocycles. The third-order valence-corrected chi connectivity index (χ3v) is 3.79. The Morgan fingerprint density at radius 2 is 2.40 bits per heavy atom. The number of nitrogens with zero attached hydrogens (tertiary/aromatic N) is 2. The highest BCUT2D eigenvalue weighted by Crippen LogP contribution is 2.30. The van der Waals surface area contributed by atoms with Gasteiger partial charge in [-0.15, -0.1) is 11.3 Å². The lowest BCUT2D eigenvalue weighted by Crippen LogP contribution is -2.27. The first kappa shape index (κ1) is 10.8. The Morgan fingerprint density at radius 3 is 2.87 bits per heavy atom. The summed E-state index contributed by atoms with van der Waals surface area (Å²) in [6, 6.07) is 4.07. The van der Waals surface area contributed by atoms with Gasteiger partial charge in [0.1, 0.15) is 0 Å². The second-order valence-electron chi connectivity index (χ2n) is 3.19. The molecule has 1 unspecified atom stereocenters. The van der Waals surface area contributed by atoms with Gasteiger partial charge in [0, 0.05) is 23.7 Å². The van der Waals surface area contributed by atoms with Gasteiger partial charge >= 0.3 is 0 Å². The van der Waals surface area contributed by atoms with Crippen molar-refractivity contribution >= 4 is 27.3 Å². The highest BCUT2D eigenvalue weighted by Gasteiger charge is 2.15. The molecule has 0 amide bonds. The van der Waals surface area contributed by atoms with Gasteiger partial charge < -0.3 is 0 Å². The average Bonchev–Trinajstić information content (AvgIpc) is 2.78. The van der Waals surface area contributed by atoms with Gasteiger partial charge in [-0.25, -0.2) is 5.43 Å². The maximum absolute atomic E-state index is 5.56. The molecule has 0 aliphatic carbocycles. The Morgan fingerprint density at radius 1 is 1.60 bits per heavy atom. The third-order valence-electron chi connectivity index (χ3n) is 2.10. The molecule has 0 aliphatic rings. The third kappa shape index (κ3) is 2.28. The molecule has 0 aliphatic heterocycles. The number of nitrogens with two attached hydrogens (primary N) is 1. The number of aryl methyl sites for hydroxylation is 1. The molecular weight excluding hydrogens is 276 g/mol. The molecule has 0 aromatic carbocycles. The first-order valence-electron chi connectivity index (χ1n) is 4.40. The minimum absolute atomic E-state index is 0.00926. The lowest BCUT2D eigenvalue weighted by molar-refractivity contribution is 0.645. The van der Waals surface area contributed by atoms with Gasteiger partial charge in [-0.2, -0.15) is 5.10 Å². The number of halogens is 1. The van der Waals surface area contributed by atoms with Crippen LogP contribution in [0, 0.1) is 0 Å². The lowest BCUT2D eigenvalue weighted by Gasteiger charge is -2.11. The second kappa shape index (κ2) is 4.44. The summed E-state index contributed by atoms with van der Waals surface area (Å²) in [6.07, 6.45) is 3.77. The predicted octanol–water partition coefficient (Wildman–Crippen LogP) is 1.80. The fourth-order valence-corrected chi connectivity index (χ4v) is 2.93. The number of hydrogen-bond donors (Lipinski definition) is 2. The quantitative estimate of drug-likeness (QED) is 0.668. The maximum Gasteiger partial charge on any atom is 0.0833 e. The number of aromatic nitrogens is 2. The highest BCUT2D eigenvalue weighted by molar-refractivity contribution is 9.11. The summed E-state index contributed by atoms with van der Waals surface area (Å²) in [7, 11) is 1.89. The second-order valence-corrected chi connectivity index (χ2v) is 5.68. The summed E-state index contributed by atoms with van der Waals surface area (Å²) >= 11 is 5.10. The van der Waals surface area contributed by atoms with Gasteiger partial charge in [-0.05, 0) is 28.1 Å². The molecule has 15 heavy (non-hydrogen) atoms. The van der Waals surface area contributed by atoms with Crippen molar-refractivity contribution in [2.75, 3.05) is 0 Å². The topological polar surface area (TPSA) is 55.9 Å². The standard InChI is InChI=1S/C9H11BrN4S/c1-14-5-6(4-12-14)9(13-11)7-2-3-8(10)15-7/h2-5,9,13H,11H2,1H3. The zero-order chi connectivity index (χ0) is 10.8. The molecule has 6 heteroatoms. The molecule has 0 saturated carbocycles. The van der Waals surface area contributed by atoms with Crippen LogP contribution in [0.3, 0.4) is 0 Å². The van der Waals surface area contributed by atoms with E-state index < -0.39 is 0 Å². The summed E-state index contributed by atoms with van der Waals surface area (Å²) in [4.78, 5) is 1.16. The number of nitrogens with one attached hydrogen (secondary N) is 1. The van der Waals surface area contributed by atoms with Crippen LogP contribution in [0.4, 0.5) is 0 Å². The highest BCUT2D eigenvalue weighted by atomic mass is 79.9. The van der Waals surface area contributed by atoms with Crippen LogP contribution in [0.1, 0.15) is 16.5 Å². The van der Waals surface area contributed by atoms with E-state index in [0.717, 1.165) is 14.2 Å². The van der Waals surface area contributed by atoms with Crippen molar-refractivity contribution in [1.29, 1.82) is 0 Å². The van der Waals surface area contributed by atoms with E-state index in [0.29, 0.717) is 0 Å². The van der Waals surface area contributed by atoms with Gasteiger partial charge in [0.05, 0.1) is 16.0 Å². The molecule has 4 nitrogen and oxygen atoms in total. The molecule has 2 rings (SSSR count). The van der Waals surface area contributed by atoms with Gasteiger partial charge in [0.15, 0.2) is 0 Å². The van der Waals surface area contributed by atoms with Gasteiger partial charge in [-0.3, -0.25) is 10.5 Å².